The van der Waals surface area contributed by atoms with Crippen LogP contribution in [0.5, 0.6) is 0 Å². The highest BCUT2D eigenvalue weighted by Gasteiger charge is 2.30. The first kappa shape index (κ1) is 13.5. The molecule has 1 aromatic rings. The van der Waals surface area contributed by atoms with Gasteiger partial charge in [-0.3, -0.25) is 4.90 Å². The molecule has 3 heteroatoms. The number of urea groups is 1. The smallest absolute Gasteiger partial charge is 0.324 e. The molecule has 2 amide bonds. The van der Waals surface area contributed by atoms with Gasteiger partial charge in [0.2, 0.25) is 0 Å². The van der Waals surface area contributed by atoms with Crippen LogP contribution in [-0.4, -0.2) is 30.6 Å². The van der Waals surface area contributed by atoms with Gasteiger partial charge in [-0.15, -0.1) is 0 Å². The van der Waals surface area contributed by atoms with Gasteiger partial charge in [0.25, 0.3) is 0 Å². The molecule has 0 spiro atoms. The molecule has 2 heterocycles. The first-order valence-corrected chi connectivity index (χ1v) is 7.79. The molecule has 0 aromatic heterocycles. The van der Waals surface area contributed by atoms with Gasteiger partial charge in [0, 0.05) is 25.3 Å². The lowest BCUT2D eigenvalue weighted by molar-refractivity contribution is 0.174. The summed E-state index contributed by atoms with van der Waals surface area (Å²) in [6.45, 7) is 7.14. The highest BCUT2D eigenvalue weighted by atomic mass is 16.2. The third-order valence-electron chi connectivity index (χ3n) is 4.50. The van der Waals surface area contributed by atoms with E-state index in [0.29, 0.717) is 11.8 Å². The van der Waals surface area contributed by atoms with Crippen molar-refractivity contribution in [3.8, 4) is 0 Å². The lowest BCUT2D eigenvalue weighted by Crippen LogP contribution is -2.50. The minimum atomic E-state index is 0.204. The van der Waals surface area contributed by atoms with Gasteiger partial charge in [-0.05, 0) is 42.7 Å². The highest BCUT2D eigenvalue weighted by Crippen LogP contribution is 2.31. The van der Waals surface area contributed by atoms with Gasteiger partial charge in [-0.1, -0.05) is 32.0 Å². The number of piperidine rings is 1. The normalized spacial score (nSPS) is 26.3. The molecule has 3 rings (SSSR count). The quantitative estimate of drug-likeness (QED) is 0.708. The van der Waals surface area contributed by atoms with Crippen LogP contribution in [0.3, 0.4) is 0 Å². The Balaban J connectivity index is 1.84. The van der Waals surface area contributed by atoms with Crippen molar-refractivity contribution < 1.29 is 4.79 Å². The molecular formula is C17H24N2O. The second kappa shape index (κ2) is 5.47. The summed E-state index contributed by atoms with van der Waals surface area (Å²) in [4.78, 5) is 16.9. The van der Waals surface area contributed by atoms with Crippen LogP contribution >= 0.6 is 0 Å². The van der Waals surface area contributed by atoms with E-state index in [2.05, 4.69) is 32.0 Å². The van der Waals surface area contributed by atoms with E-state index < -0.39 is 0 Å². The Morgan fingerprint density at radius 3 is 2.75 bits per heavy atom. The van der Waals surface area contributed by atoms with Crippen LogP contribution in [0.25, 0.3) is 0 Å². The molecule has 0 radical (unpaired) electrons. The SMILES string of the molecule is CC1CCCN(C(=O)N2CC(C)Cc3ccccc32)C1. The van der Waals surface area contributed by atoms with E-state index in [1.54, 1.807) is 0 Å². The maximum absolute atomic E-state index is 12.9. The topological polar surface area (TPSA) is 23.6 Å². The summed E-state index contributed by atoms with van der Waals surface area (Å²) in [5.74, 6) is 1.17. The molecule has 0 N–H and O–H groups in total. The summed E-state index contributed by atoms with van der Waals surface area (Å²) in [6, 6.07) is 8.56. The van der Waals surface area contributed by atoms with Gasteiger partial charge in [-0.2, -0.15) is 0 Å². The number of fused-ring (bicyclic) bond motifs is 1. The monoisotopic (exact) mass is 272 g/mol. The average Bonchev–Trinajstić information content (AvgIpc) is 2.45. The Kier molecular flexibility index (Phi) is 3.68. The fraction of sp³-hybridized carbons (Fsp3) is 0.588. The van der Waals surface area contributed by atoms with E-state index in [4.69, 9.17) is 0 Å². The van der Waals surface area contributed by atoms with E-state index in [1.807, 2.05) is 15.9 Å². The molecule has 20 heavy (non-hydrogen) atoms. The zero-order chi connectivity index (χ0) is 14.1. The number of benzene rings is 1. The molecule has 0 aliphatic carbocycles. The number of anilines is 1. The van der Waals surface area contributed by atoms with Crippen molar-refractivity contribution in [1.82, 2.24) is 4.90 Å². The van der Waals surface area contributed by atoms with Crippen molar-refractivity contribution in [1.29, 1.82) is 0 Å². The van der Waals surface area contributed by atoms with Crippen LogP contribution in [0, 0.1) is 11.8 Å². The summed E-state index contributed by atoms with van der Waals surface area (Å²) < 4.78 is 0. The summed E-state index contributed by atoms with van der Waals surface area (Å²) in [5.41, 5.74) is 2.43. The number of likely N-dealkylation sites (tertiary alicyclic amines) is 1. The van der Waals surface area contributed by atoms with E-state index in [-0.39, 0.29) is 6.03 Å². The fourth-order valence-corrected chi connectivity index (χ4v) is 3.51. The summed E-state index contributed by atoms with van der Waals surface area (Å²) in [5, 5.41) is 0. The predicted octanol–water partition coefficient (Wildman–Crippen LogP) is 3.54. The fourth-order valence-electron chi connectivity index (χ4n) is 3.51. The molecule has 1 fully saturated rings. The number of carbonyl (C=O) groups is 1. The van der Waals surface area contributed by atoms with Crippen molar-refractivity contribution in [3.63, 3.8) is 0 Å². The van der Waals surface area contributed by atoms with Gasteiger partial charge >= 0.3 is 6.03 Å². The largest absolute Gasteiger partial charge is 0.324 e. The van der Waals surface area contributed by atoms with Crippen molar-refractivity contribution in [2.45, 2.75) is 33.1 Å². The molecule has 0 saturated carbocycles. The molecule has 3 nitrogen and oxygen atoms in total. The number of hydrogen-bond acceptors (Lipinski definition) is 1. The van der Waals surface area contributed by atoms with Crippen molar-refractivity contribution in [2.75, 3.05) is 24.5 Å². The minimum absolute atomic E-state index is 0.204. The van der Waals surface area contributed by atoms with Gasteiger partial charge in [0.05, 0.1) is 0 Å². The van der Waals surface area contributed by atoms with Crippen LogP contribution in [0.1, 0.15) is 32.3 Å². The van der Waals surface area contributed by atoms with Crippen LogP contribution in [0.15, 0.2) is 24.3 Å². The van der Waals surface area contributed by atoms with Crippen molar-refractivity contribution in [2.24, 2.45) is 11.8 Å². The number of amides is 2. The highest BCUT2D eigenvalue weighted by molar-refractivity contribution is 5.93. The standard InChI is InChI=1S/C17H24N2O/c1-13-6-5-9-18(11-13)17(20)19-12-14(2)10-15-7-3-4-8-16(15)19/h3-4,7-8,13-14H,5-6,9-12H2,1-2H3. The Bertz CT molecular complexity index is 500. The zero-order valence-corrected chi connectivity index (χ0v) is 12.5. The first-order valence-electron chi connectivity index (χ1n) is 7.79. The third kappa shape index (κ3) is 2.54. The molecule has 2 aliphatic heterocycles. The predicted molar refractivity (Wildman–Crippen MR) is 82.0 cm³/mol. The number of carbonyl (C=O) groups excluding carboxylic acids is 1. The van der Waals surface area contributed by atoms with E-state index in [1.165, 1.54) is 12.0 Å². The Morgan fingerprint density at radius 2 is 1.95 bits per heavy atom. The van der Waals surface area contributed by atoms with Crippen LogP contribution in [0.2, 0.25) is 0 Å². The van der Waals surface area contributed by atoms with Crippen molar-refractivity contribution >= 4 is 11.7 Å². The Morgan fingerprint density at radius 1 is 1.15 bits per heavy atom. The Hall–Kier alpha value is -1.51. The second-order valence-electron chi connectivity index (χ2n) is 6.52. The summed E-state index contributed by atoms with van der Waals surface area (Å²) in [7, 11) is 0. The minimum Gasteiger partial charge on any atom is -0.324 e. The van der Waals surface area contributed by atoms with Crippen molar-refractivity contribution in [3.05, 3.63) is 29.8 Å². The number of rotatable bonds is 0. The van der Waals surface area contributed by atoms with Gasteiger partial charge < -0.3 is 4.90 Å². The van der Waals surface area contributed by atoms with Gasteiger partial charge in [-0.25, -0.2) is 4.79 Å². The molecule has 2 unspecified atom stereocenters. The molecule has 1 aromatic carbocycles. The van der Waals surface area contributed by atoms with Gasteiger partial charge in [0.15, 0.2) is 0 Å². The molecule has 0 bridgehead atoms. The molecule has 108 valence electrons. The van der Waals surface area contributed by atoms with Gasteiger partial charge in [0.1, 0.15) is 0 Å². The molecule has 1 saturated heterocycles. The lowest BCUT2D eigenvalue weighted by atomic mass is 9.94. The zero-order valence-electron chi connectivity index (χ0n) is 12.5. The summed E-state index contributed by atoms with van der Waals surface area (Å²) in [6.07, 6.45) is 3.46. The summed E-state index contributed by atoms with van der Waals surface area (Å²) >= 11 is 0. The van der Waals surface area contributed by atoms with Crippen LogP contribution in [-0.2, 0) is 6.42 Å². The maximum atomic E-state index is 12.9. The number of hydrogen-bond donors (Lipinski definition) is 0. The molecule has 2 atom stereocenters. The lowest BCUT2D eigenvalue weighted by Gasteiger charge is -2.39. The number of nitrogens with zero attached hydrogens (tertiary/aromatic N) is 2. The molecular weight excluding hydrogens is 248 g/mol. The van der Waals surface area contributed by atoms with Crippen LogP contribution < -0.4 is 4.90 Å². The van der Waals surface area contributed by atoms with E-state index >= 15 is 0 Å². The maximum Gasteiger partial charge on any atom is 0.324 e. The number of para-hydroxylation sites is 1. The molecule has 2 aliphatic rings. The third-order valence-corrected chi connectivity index (χ3v) is 4.50. The Labute approximate surface area is 121 Å². The first-order chi connectivity index (χ1) is 9.65. The van der Waals surface area contributed by atoms with E-state index in [0.717, 1.165) is 38.2 Å². The average molecular weight is 272 g/mol. The van der Waals surface area contributed by atoms with E-state index in [9.17, 15) is 4.79 Å². The second-order valence-corrected chi connectivity index (χ2v) is 6.52. The van der Waals surface area contributed by atoms with Crippen LogP contribution in [0.4, 0.5) is 10.5 Å².